The van der Waals surface area contributed by atoms with Gasteiger partial charge in [0, 0.05) is 11.6 Å². The number of nitrogens with one attached hydrogen (secondary N) is 1. The maximum atomic E-state index is 13.5. The van der Waals surface area contributed by atoms with E-state index in [4.69, 9.17) is 0 Å². The number of piperidine rings is 1. The van der Waals surface area contributed by atoms with Crippen molar-refractivity contribution in [2.75, 3.05) is 6.54 Å². The topological polar surface area (TPSA) is 12.0 Å². The van der Waals surface area contributed by atoms with Crippen LogP contribution in [0.15, 0.2) is 18.2 Å². The Labute approximate surface area is 96.8 Å². The second-order valence-electron chi connectivity index (χ2n) is 4.24. The lowest BCUT2D eigenvalue weighted by molar-refractivity contribution is -0.137. The Morgan fingerprint density at radius 3 is 2.53 bits per heavy atom. The van der Waals surface area contributed by atoms with E-state index in [-0.39, 0.29) is 11.6 Å². The highest BCUT2D eigenvalue weighted by Crippen LogP contribution is 2.33. The fourth-order valence-electron chi connectivity index (χ4n) is 2.10. The summed E-state index contributed by atoms with van der Waals surface area (Å²) in [6.07, 6.45) is -1.85. The molecule has 1 aliphatic heterocycles. The van der Waals surface area contributed by atoms with Crippen LogP contribution < -0.4 is 5.32 Å². The van der Waals surface area contributed by atoms with Gasteiger partial charge in [-0.1, -0.05) is 6.42 Å². The molecule has 94 valence electrons. The van der Waals surface area contributed by atoms with Gasteiger partial charge in [0.25, 0.3) is 0 Å². The first-order valence-corrected chi connectivity index (χ1v) is 5.58. The van der Waals surface area contributed by atoms with Gasteiger partial charge in [0.15, 0.2) is 0 Å². The van der Waals surface area contributed by atoms with Crippen molar-refractivity contribution in [1.29, 1.82) is 0 Å². The molecule has 1 aliphatic rings. The number of hydrogen-bond donors (Lipinski definition) is 1. The minimum absolute atomic E-state index is 0.125. The van der Waals surface area contributed by atoms with Gasteiger partial charge in [0.05, 0.1) is 5.56 Å². The first kappa shape index (κ1) is 12.4. The molecular formula is C12H13F4N. The third-order valence-electron chi connectivity index (χ3n) is 3.01. The molecule has 0 amide bonds. The Bertz CT molecular complexity index is 394. The molecule has 0 bridgehead atoms. The molecule has 1 aromatic carbocycles. The normalized spacial score (nSPS) is 21.5. The zero-order chi connectivity index (χ0) is 12.5. The van der Waals surface area contributed by atoms with Crippen molar-refractivity contribution in [3.05, 3.63) is 35.1 Å². The van der Waals surface area contributed by atoms with Gasteiger partial charge in [-0.15, -0.1) is 0 Å². The molecule has 0 unspecified atom stereocenters. The molecule has 1 heterocycles. The van der Waals surface area contributed by atoms with Crippen LogP contribution in [0.4, 0.5) is 17.6 Å². The highest BCUT2D eigenvalue weighted by molar-refractivity contribution is 5.29. The molecule has 5 heteroatoms. The van der Waals surface area contributed by atoms with Crippen LogP contribution in [-0.4, -0.2) is 6.54 Å². The fraction of sp³-hybridized carbons (Fsp3) is 0.500. The van der Waals surface area contributed by atoms with Crippen molar-refractivity contribution in [3.8, 4) is 0 Å². The number of rotatable bonds is 1. The molecule has 1 saturated heterocycles. The first-order chi connectivity index (χ1) is 7.98. The average Bonchev–Trinajstić information content (AvgIpc) is 2.29. The SMILES string of the molecule is Fc1ccc(C(F)(F)F)cc1[C@H]1CCCCN1. The zero-order valence-corrected chi connectivity index (χ0v) is 9.15. The van der Waals surface area contributed by atoms with Gasteiger partial charge in [-0.25, -0.2) is 4.39 Å². The smallest absolute Gasteiger partial charge is 0.310 e. The summed E-state index contributed by atoms with van der Waals surface area (Å²) in [5, 5.41) is 3.05. The van der Waals surface area contributed by atoms with E-state index in [0.29, 0.717) is 6.42 Å². The lowest BCUT2D eigenvalue weighted by Gasteiger charge is -2.24. The van der Waals surface area contributed by atoms with Crippen molar-refractivity contribution in [3.63, 3.8) is 0 Å². The molecule has 0 aliphatic carbocycles. The second kappa shape index (κ2) is 4.64. The highest BCUT2D eigenvalue weighted by Gasteiger charge is 2.32. The van der Waals surface area contributed by atoms with E-state index in [1.807, 2.05) is 0 Å². The lowest BCUT2D eigenvalue weighted by Crippen LogP contribution is -2.27. The van der Waals surface area contributed by atoms with Crippen LogP contribution in [0, 0.1) is 5.82 Å². The predicted octanol–water partition coefficient (Wildman–Crippen LogP) is 3.66. The summed E-state index contributed by atoms with van der Waals surface area (Å²) in [5.74, 6) is -0.572. The van der Waals surface area contributed by atoms with Gasteiger partial charge in [-0.3, -0.25) is 0 Å². The van der Waals surface area contributed by atoms with E-state index in [0.717, 1.165) is 37.6 Å². The van der Waals surface area contributed by atoms with Gasteiger partial charge in [0.1, 0.15) is 5.82 Å². The van der Waals surface area contributed by atoms with E-state index < -0.39 is 17.6 Å². The average molecular weight is 247 g/mol. The largest absolute Gasteiger partial charge is 0.416 e. The summed E-state index contributed by atoms with van der Waals surface area (Å²) >= 11 is 0. The Kier molecular flexibility index (Phi) is 3.38. The van der Waals surface area contributed by atoms with Gasteiger partial charge >= 0.3 is 6.18 Å². The Balaban J connectivity index is 2.31. The van der Waals surface area contributed by atoms with Crippen molar-refractivity contribution < 1.29 is 17.6 Å². The molecule has 0 aromatic heterocycles. The summed E-state index contributed by atoms with van der Waals surface area (Å²) in [6.45, 7) is 0.723. The molecule has 0 saturated carbocycles. The second-order valence-corrected chi connectivity index (χ2v) is 4.24. The molecule has 1 nitrogen and oxygen atoms in total. The maximum Gasteiger partial charge on any atom is 0.416 e. The molecule has 2 rings (SSSR count). The number of alkyl halides is 3. The van der Waals surface area contributed by atoms with Crippen LogP contribution in [0.3, 0.4) is 0 Å². The van der Waals surface area contributed by atoms with Crippen molar-refractivity contribution >= 4 is 0 Å². The number of halogens is 4. The molecule has 1 aromatic rings. The van der Waals surface area contributed by atoms with Gasteiger partial charge in [0.2, 0.25) is 0 Å². The lowest BCUT2D eigenvalue weighted by atomic mass is 9.95. The monoisotopic (exact) mass is 247 g/mol. The quantitative estimate of drug-likeness (QED) is 0.747. The van der Waals surface area contributed by atoms with Gasteiger partial charge < -0.3 is 5.32 Å². The minimum Gasteiger partial charge on any atom is -0.310 e. The summed E-state index contributed by atoms with van der Waals surface area (Å²) in [6, 6.07) is 2.29. The Morgan fingerprint density at radius 1 is 1.18 bits per heavy atom. The van der Waals surface area contributed by atoms with Crippen LogP contribution in [0.1, 0.15) is 36.4 Å². The van der Waals surface area contributed by atoms with Crippen molar-refractivity contribution in [2.45, 2.75) is 31.5 Å². The molecule has 1 fully saturated rings. The maximum absolute atomic E-state index is 13.5. The van der Waals surface area contributed by atoms with Crippen LogP contribution >= 0.6 is 0 Å². The molecule has 1 N–H and O–H groups in total. The summed E-state index contributed by atoms with van der Waals surface area (Å²) in [7, 11) is 0. The van der Waals surface area contributed by atoms with E-state index in [9.17, 15) is 17.6 Å². The molecule has 0 radical (unpaired) electrons. The molecular weight excluding hydrogens is 234 g/mol. The van der Waals surface area contributed by atoms with Crippen LogP contribution in [0.5, 0.6) is 0 Å². The van der Waals surface area contributed by atoms with Crippen LogP contribution in [0.25, 0.3) is 0 Å². The number of benzene rings is 1. The van der Waals surface area contributed by atoms with E-state index in [1.165, 1.54) is 0 Å². The molecule has 0 spiro atoms. The molecule has 1 atom stereocenters. The summed E-state index contributed by atoms with van der Waals surface area (Å²) in [5.41, 5.74) is -0.666. The van der Waals surface area contributed by atoms with E-state index in [2.05, 4.69) is 5.32 Å². The zero-order valence-electron chi connectivity index (χ0n) is 9.15. The Hall–Kier alpha value is -1.10. The van der Waals surface area contributed by atoms with Crippen molar-refractivity contribution in [1.82, 2.24) is 5.32 Å². The minimum atomic E-state index is -4.42. The Morgan fingerprint density at radius 2 is 1.94 bits per heavy atom. The van der Waals surface area contributed by atoms with Crippen molar-refractivity contribution in [2.24, 2.45) is 0 Å². The predicted molar refractivity (Wildman–Crippen MR) is 56.0 cm³/mol. The van der Waals surface area contributed by atoms with Crippen LogP contribution in [0.2, 0.25) is 0 Å². The number of hydrogen-bond acceptors (Lipinski definition) is 1. The van der Waals surface area contributed by atoms with Gasteiger partial charge in [-0.05, 0) is 37.6 Å². The third-order valence-corrected chi connectivity index (χ3v) is 3.01. The third kappa shape index (κ3) is 2.77. The highest BCUT2D eigenvalue weighted by atomic mass is 19.4. The van der Waals surface area contributed by atoms with E-state index in [1.54, 1.807) is 0 Å². The molecule has 17 heavy (non-hydrogen) atoms. The van der Waals surface area contributed by atoms with Crippen LogP contribution in [-0.2, 0) is 6.18 Å². The fourth-order valence-corrected chi connectivity index (χ4v) is 2.10. The van der Waals surface area contributed by atoms with Gasteiger partial charge in [-0.2, -0.15) is 13.2 Å². The first-order valence-electron chi connectivity index (χ1n) is 5.58. The van der Waals surface area contributed by atoms with E-state index >= 15 is 0 Å². The standard InChI is InChI=1S/C12H13F4N/c13-10-5-4-8(12(14,15)16)7-9(10)11-3-1-2-6-17-11/h4-5,7,11,17H,1-3,6H2/t11-/m1/s1. The summed E-state index contributed by atoms with van der Waals surface area (Å²) < 4.78 is 51.1. The summed E-state index contributed by atoms with van der Waals surface area (Å²) in [4.78, 5) is 0.